The van der Waals surface area contributed by atoms with E-state index in [1.54, 1.807) is 0 Å². The minimum atomic E-state index is 0.405. The molecule has 0 bridgehead atoms. The van der Waals surface area contributed by atoms with Gasteiger partial charge >= 0.3 is 0 Å². The van der Waals surface area contributed by atoms with E-state index in [1.807, 2.05) is 0 Å². The number of aryl methyl sites for hydroxylation is 1. The number of hydrogen-bond donors (Lipinski definition) is 0. The van der Waals surface area contributed by atoms with Gasteiger partial charge in [-0.1, -0.05) is 42.5 Å². The molecule has 0 saturated carbocycles. The zero-order valence-corrected chi connectivity index (χ0v) is 10.6. The number of hydrogen-bond acceptors (Lipinski definition) is 1. The van der Waals surface area contributed by atoms with E-state index in [2.05, 4.69) is 68.4 Å². The Morgan fingerprint density at radius 1 is 0.882 bits per heavy atom. The second-order valence-corrected chi connectivity index (χ2v) is 4.99. The van der Waals surface area contributed by atoms with Crippen molar-refractivity contribution >= 4 is 0 Å². The van der Waals surface area contributed by atoms with Gasteiger partial charge in [0.05, 0.1) is 6.04 Å². The molecule has 1 heteroatoms. The summed E-state index contributed by atoms with van der Waals surface area (Å²) >= 11 is 0. The molecule has 17 heavy (non-hydrogen) atoms. The van der Waals surface area contributed by atoms with Crippen molar-refractivity contribution in [1.29, 1.82) is 0 Å². The van der Waals surface area contributed by atoms with E-state index < -0.39 is 0 Å². The number of rotatable bonds is 1. The molecular formula is C16H17N. The maximum atomic E-state index is 2.30. The molecule has 1 aliphatic rings. The average molecular weight is 223 g/mol. The van der Waals surface area contributed by atoms with Crippen LogP contribution in [-0.2, 0) is 0 Å². The lowest BCUT2D eigenvalue weighted by Crippen LogP contribution is -2.19. The van der Waals surface area contributed by atoms with Crippen LogP contribution in [0.4, 0.5) is 0 Å². The summed E-state index contributed by atoms with van der Waals surface area (Å²) in [4.78, 5) is 2.30. The number of fused-ring (bicyclic) bond motifs is 3. The Morgan fingerprint density at radius 3 is 2.35 bits per heavy atom. The van der Waals surface area contributed by atoms with Crippen LogP contribution >= 0.6 is 0 Å². The molecule has 0 aromatic heterocycles. The molecule has 0 N–H and O–H groups in total. The molecule has 0 fully saturated rings. The van der Waals surface area contributed by atoms with E-state index in [-0.39, 0.29) is 0 Å². The summed E-state index contributed by atoms with van der Waals surface area (Å²) in [5.41, 5.74) is 7.09. The lowest BCUT2D eigenvalue weighted by molar-refractivity contribution is 0.347. The van der Waals surface area contributed by atoms with Gasteiger partial charge in [0, 0.05) is 0 Å². The van der Waals surface area contributed by atoms with Crippen LogP contribution in [0, 0.1) is 6.92 Å². The summed E-state index contributed by atoms with van der Waals surface area (Å²) in [6, 6.07) is 15.8. The first-order valence-corrected chi connectivity index (χ1v) is 6.05. The highest BCUT2D eigenvalue weighted by atomic mass is 15.1. The smallest absolute Gasteiger partial charge is 0.0611 e. The van der Waals surface area contributed by atoms with Crippen molar-refractivity contribution in [1.82, 2.24) is 4.90 Å². The molecule has 0 amide bonds. The highest BCUT2D eigenvalue weighted by Crippen LogP contribution is 2.46. The van der Waals surface area contributed by atoms with Crippen molar-refractivity contribution < 1.29 is 0 Å². The fraction of sp³-hybridized carbons (Fsp3) is 0.250. The molecule has 1 unspecified atom stereocenters. The van der Waals surface area contributed by atoms with Crippen molar-refractivity contribution in [3.8, 4) is 11.1 Å². The van der Waals surface area contributed by atoms with E-state index in [4.69, 9.17) is 0 Å². The highest BCUT2D eigenvalue weighted by molar-refractivity contribution is 5.79. The zero-order chi connectivity index (χ0) is 12.0. The van der Waals surface area contributed by atoms with Crippen molar-refractivity contribution in [3.63, 3.8) is 0 Å². The van der Waals surface area contributed by atoms with Gasteiger partial charge < -0.3 is 0 Å². The minimum Gasteiger partial charge on any atom is -0.298 e. The SMILES string of the molecule is Cc1cccc2c1C(N(C)C)c1ccccc1-2. The van der Waals surface area contributed by atoms with Gasteiger partial charge in [0.25, 0.3) is 0 Å². The maximum Gasteiger partial charge on any atom is 0.0611 e. The zero-order valence-electron chi connectivity index (χ0n) is 10.6. The second-order valence-electron chi connectivity index (χ2n) is 4.99. The second kappa shape index (κ2) is 3.71. The van der Waals surface area contributed by atoms with Gasteiger partial charge in [-0.2, -0.15) is 0 Å². The summed E-state index contributed by atoms with van der Waals surface area (Å²) in [5.74, 6) is 0. The summed E-state index contributed by atoms with van der Waals surface area (Å²) in [6.07, 6.45) is 0. The normalized spacial score (nSPS) is 17.1. The molecule has 0 saturated heterocycles. The molecule has 0 aliphatic heterocycles. The molecule has 3 rings (SSSR count). The van der Waals surface area contributed by atoms with Gasteiger partial charge in [-0.15, -0.1) is 0 Å². The molecule has 1 aliphatic carbocycles. The van der Waals surface area contributed by atoms with Crippen LogP contribution in [0.3, 0.4) is 0 Å². The van der Waals surface area contributed by atoms with E-state index in [0.717, 1.165) is 0 Å². The van der Waals surface area contributed by atoms with Crippen LogP contribution in [0.2, 0.25) is 0 Å². The predicted molar refractivity (Wildman–Crippen MR) is 72.1 cm³/mol. The third-order valence-corrected chi connectivity index (χ3v) is 3.66. The molecule has 0 spiro atoms. The van der Waals surface area contributed by atoms with E-state index in [1.165, 1.54) is 27.8 Å². The number of nitrogens with zero attached hydrogens (tertiary/aromatic N) is 1. The lowest BCUT2D eigenvalue weighted by Gasteiger charge is -2.23. The third kappa shape index (κ3) is 1.43. The molecule has 1 atom stereocenters. The van der Waals surface area contributed by atoms with Crippen molar-refractivity contribution in [3.05, 3.63) is 59.2 Å². The van der Waals surface area contributed by atoms with Gasteiger partial charge in [-0.3, -0.25) is 4.90 Å². The van der Waals surface area contributed by atoms with Gasteiger partial charge in [0.1, 0.15) is 0 Å². The summed E-state index contributed by atoms with van der Waals surface area (Å²) < 4.78 is 0. The van der Waals surface area contributed by atoms with Gasteiger partial charge in [-0.05, 0) is 48.8 Å². The molecule has 0 heterocycles. The first-order chi connectivity index (χ1) is 8.20. The largest absolute Gasteiger partial charge is 0.298 e. The first-order valence-electron chi connectivity index (χ1n) is 6.05. The van der Waals surface area contributed by atoms with E-state index in [0.29, 0.717) is 6.04 Å². The van der Waals surface area contributed by atoms with Crippen LogP contribution in [0.1, 0.15) is 22.7 Å². The summed E-state index contributed by atoms with van der Waals surface area (Å²) in [7, 11) is 4.31. The Kier molecular flexibility index (Phi) is 2.30. The Balaban J connectivity index is 2.34. The first kappa shape index (κ1) is 10.5. The van der Waals surface area contributed by atoms with E-state index in [9.17, 15) is 0 Å². The fourth-order valence-electron chi connectivity index (χ4n) is 2.95. The lowest BCUT2D eigenvalue weighted by atomic mass is 9.99. The van der Waals surface area contributed by atoms with Crippen LogP contribution in [0.15, 0.2) is 42.5 Å². The Labute approximate surface area is 103 Å². The molecule has 2 aromatic carbocycles. The van der Waals surface area contributed by atoms with Gasteiger partial charge in [0.2, 0.25) is 0 Å². The number of benzene rings is 2. The maximum absolute atomic E-state index is 2.30. The molecule has 1 nitrogen and oxygen atoms in total. The average Bonchev–Trinajstić information content (AvgIpc) is 2.65. The predicted octanol–water partition coefficient (Wildman–Crippen LogP) is 3.63. The molecular weight excluding hydrogens is 206 g/mol. The van der Waals surface area contributed by atoms with Crippen molar-refractivity contribution in [2.75, 3.05) is 14.1 Å². The van der Waals surface area contributed by atoms with Gasteiger partial charge in [0.15, 0.2) is 0 Å². The van der Waals surface area contributed by atoms with Crippen molar-refractivity contribution in [2.45, 2.75) is 13.0 Å². The van der Waals surface area contributed by atoms with Crippen LogP contribution in [0.25, 0.3) is 11.1 Å². The van der Waals surface area contributed by atoms with Crippen molar-refractivity contribution in [2.24, 2.45) is 0 Å². The highest BCUT2D eigenvalue weighted by Gasteiger charge is 2.30. The molecule has 2 aromatic rings. The summed E-state index contributed by atoms with van der Waals surface area (Å²) in [5, 5.41) is 0. The fourth-order valence-corrected chi connectivity index (χ4v) is 2.95. The third-order valence-electron chi connectivity index (χ3n) is 3.66. The minimum absolute atomic E-state index is 0.405. The Morgan fingerprint density at radius 2 is 1.59 bits per heavy atom. The van der Waals surface area contributed by atoms with Crippen LogP contribution in [0.5, 0.6) is 0 Å². The molecule has 86 valence electrons. The van der Waals surface area contributed by atoms with Crippen LogP contribution < -0.4 is 0 Å². The quantitative estimate of drug-likeness (QED) is 0.713. The standard InChI is InChI=1S/C16H17N/c1-11-7-6-10-13-12-8-4-5-9-14(12)16(15(11)13)17(2)3/h4-10,16H,1-3H3. The summed E-state index contributed by atoms with van der Waals surface area (Å²) in [6.45, 7) is 2.21. The monoisotopic (exact) mass is 223 g/mol. The van der Waals surface area contributed by atoms with E-state index >= 15 is 0 Å². The Hall–Kier alpha value is -1.60. The van der Waals surface area contributed by atoms with Crippen LogP contribution in [-0.4, -0.2) is 19.0 Å². The van der Waals surface area contributed by atoms with Gasteiger partial charge in [-0.25, -0.2) is 0 Å². The Bertz CT molecular complexity index is 569. The topological polar surface area (TPSA) is 3.24 Å². The molecule has 0 radical (unpaired) electrons.